The van der Waals surface area contributed by atoms with Crippen LogP contribution < -0.4 is 5.32 Å². The van der Waals surface area contributed by atoms with Gasteiger partial charge in [-0.05, 0) is 31.2 Å². The summed E-state index contributed by atoms with van der Waals surface area (Å²) in [4.78, 5) is 10.00. The van der Waals surface area contributed by atoms with Crippen LogP contribution >= 0.6 is 0 Å². The fourth-order valence-corrected chi connectivity index (χ4v) is 2.08. The van der Waals surface area contributed by atoms with Crippen LogP contribution in [-0.4, -0.2) is 13.0 Å². The fraction of sp³-hybridized carbons (Fsp3) is 0.471. The number of amides is 1. The first-order valence-corrected chi connectivity index (χ1v) is 7.29. The lowest BCUT2D eigenvalue weighted by Crippen LogP contribution is -2.09. The molecule has 2 nitrogen and oxygen atoms in total. The van der Waals surface area contributed by atoms with Gasteiger partial charge in [-0.2, -0.15) is 0 Å². The molecule has 0 radical (unpaired) electrons. The molecule has 0 unspecified atom stereocenters. The Labute approximate surface area is 116 Å². The predicted octanol–water partition coefficient (Wildman–Crippen LogP) is 3.87. The maximum atomic E-state index is 10.00. The second kappa shape index (κ2) is 11.5. The Hall–Kier alpha value is -1.57. The van der Waals surface area contributed by atoms with E-state index in [1.54, 1.807) is 0 Å². The Balaban J connectivity index is 1.86. The highest BCUT2D eigenvalue weighted by atomic mass is 16.1. The van der Waals surface area contributed by atoms with Crippen molar-refractivity contribution < 1.29 is 4.79 Å². The van der Waals surface area contributed by atoms with E-state index >= 15 is 0 Å². The van der Waals surface area contributed by atoms with Crippen LogP contribution in [0, 0.1) is 0 Å². The Morgan fingerprint density at radius 3 is 2.42 bits per heavy atom. The van der Waals surface area contributed by atoms with E-state index in [0.29, 0.717) is 6.54 Å². The molecule has 0 aliphatic rings. The van der Waals surface area contributed by atoms with E-state index in [0.717, 1.165) is 12.8 Å². The first-order valence-electron chi connectivity index (χ1n) is 7.29. The van der Waals surface area contributed by atoms with Crippen LogP contribution in [-0.2, 0) is 11.2 Å². The molecule has 0 saturated heterocycles. The maximum Gasteiger partial charge on any atom is 0.207 e. The van der Waals surface area contributed by atoms with Crippen LogP contribution in [0.25, 0.3) is 0 Å². The third kappa shape index (κ3) is 9.06. The van der Waals surface area contributed by atoms with Gasteiger partial charge in [0.1, 0.15) is 0 Å². The number of aryl methyl sites for hydroxylation is 1. The number of hydrogen-bond donors (Lipinski definition) is 1. The van der Waals surface area contributed by atoms with Crippen LogP contribution in [0.1, 0.15) is 44.1 Å². The van der Waals surface area contributed by atoms with Gasteiger partial charge in [-0.1, -0.05) is 61.7 Å². The summed E-state index contributed by atoms with van der Waals surface area (Å²) < 4.78 is 0. The third-order valence-corrected chi connectivity index (χ3v) is 3.16. The van der Waals surface area contributed by atoms with E-state index in [2.05, 4.69) is 41.7 Å². The van der Waals surface area contributed by atoms with Crippen molar-refractivity contribution in [2.75, 3.05) is 6.54 Å². The monoisotopic (exact) mass is 259 g/mol. The zero-order valence-electron chi connectivity index (χ0n) is 11.7. The molecule has 104 valence electrons. The van der Waals surface area contributed by atoms with Crippen molar-refractivity contribution in [2.45, 2.75) is 44.9 Å². The van der Waals surface area contributed by atoms with Gasteiger partial charge in [-0.15, -0.1) is 0 Å². The number of allylic oxidation sites excluding steroid dienone is 1. The molecule has 1 aromatic rings. The average molecular weight is 259 g/mol. The van der Waals surface area contributed by atoms with Crippen LogP contribution in [0.3, 0.4) is 0 Å². The summed E-state index contributed by atoms with van der Waals surface area (Å²) in [6.07, 6.45) is 13.7. The van der Waals surface area contributed by atoms with Gasteiger partial charge in [0.15, 0.2) is 0 Å². The van der Waals surface area contributed by atoms with Crippen LogP contribution in [0.4, 0.5) is 0 Å². The van der Waals surface area contributed by atoms with Crippen molar-refractivity contribution in [3.63, 3.8) is 0 Å². The maximum absolute atomic E-state index is 10.00. The lowest BCUT2D eigenvalue weighted by atomic mass is 10.0. The molecule has 0 atom stereocenters. The van der Waals surface area contributed by atoms with Gasteiger partial charge in [0.05, 0.1) is 0 Å². The van der Waals surface area contributed by atoms with Gasteiger partial charge in [-0.3, -0.25) is 4.79 Å². The minimum atomic E-state index is 0.653. The molecule has 0 bridgehead atoms. The summed E-state index contributed by atoms with van der Waals surface area (Å²) in [6, 6.07) is 10.7. The molecule has 2 heteroatoms. The highest BCUT2D eigenvalue weighted by Gasteiger charge is 1.92. The summed E-state index contributed by atoms with van der Waals surface area (Å²) in [7, 11) is 0. The Kier molecular flexibility index (Phi) is 9.39. The molecule has 1 aromatic carbocycles. The summed E-state index contributed by atoms with van der Waals surface area (Å²) in [5, 5.41) is 2.62. The number of rotatable bonds is 11. The van der Waals surface area contributed by atoms with E-state index < -0.39 is 0 Å². The Bertz CT molecular complexity index is 346. The molecule has 0 aliphatic heterocycles. The van der Waals surface area contributed by atoms with Crippen LogP contribution in [0.5, 0.6) is 0 Å². The third-order valence-electron chi connectivity index (χ3n) is 3.16. The van der Waals surface area contributed by atoms with E-state index in [-0.39, 0.29) is 0 Å². The summed E-state index contributed by atoms with van der Waals surface area (Å²) in [6.45, 7) is 0.653. The van der Waals surface area contributed by atoms with Gasteiger partial charge in [-0.25, -0.2) is 0 Å². The number of nitrogens with one attached hydrogen (secondary N) is 1. The lowest BCUT2D eigenvalue weighted by molar-refractivity contribution is -0.109. The molecule has 1 amide bonds. The summed E-state index contributed by atoms with van der Waals surface area (Å²) >= 11 is 0. The summed E-state index contributed by atoms with van der Waals surface area (Å²) in [5.41, 5.74) is 1.45. The van der Waals surface area contributed by atoms with Crippen molar-refractivity contribution in [3.05, 3.63) is 48.0 Å². The summed E-state index contributed by atoms with van der Waals surface area (Å²) in [5.74, 6) is 0. The molecule has 0 aromatic heterocycles. The van der Waals surface area contributed by atoms with Gasteiger partial charge >= 0.3 is 0 Å². The normalized spacial score (nSPS) is 10.7. The minimum Gasteiger partial charge on any atom is -0.355 e. The molecule has 0 spiro atoms. The number of benzene rings is 1. The molecule has 0 fully saturated rings. The van der Waals surface area contributed by atoms with Crippen molar-refractivity contribution in [1.82, 2.24) is 5.32 Å². The van der Waals surface area contributed by atoms with Gasteiger partial charge in [0, 0.05) is 6.54 Å². The van der Waals surface area contributed by atoms with E-state index in [1.165, 1.54) is 44.1 Å². The first-order chi connectivity index (χ1) is 9.43. The topological polar surface area (TPSA) is 29.1 Å². The number of unbranched alkanes of at least 4 members (excludes halogenated alkanes) is 5. The zero-order chi connectivity index (χ0) is 13.6. The highest BCUT2D eigenvalue weighted by Crippen LogP contribution is 2.09. The number of carbonyl (C=O) groups excluding carboxylic acids is 1. The molecule has 0 heterocycles. The second-order valence-electron chi connectivity index (χ2n) is 4.79. The molecule has 19 heavy (non-hydrogen) atoms. The van der Waals surface area contributed by atoms with Gasteiger partial charge < -0.3 is 5.32 Å². The smallest absolute Gasteiger partial charge is 0.207 e. The van der Waals surface area contributed by atoms with Crippen molar-refractivity contribution in [3.8, 4) is 0 Å². The molecular formula is C17H25NO. The van der Waals surface area contributed by atoms with Crippen molar-refractivity contribution in [1.29, 1.82) is 0 Å². The zero-order valence-corrected chi connectivity index (χ0v) is 11.7. The number of hydrogen-bond acceptors (Lipinski definition) is 1. The fourth-order valence-electron chi connectivity index (χ4n) is 2.08. The minimum absolute atomic E-state index is 0.653. The quantitative estimate of drug-likeness (QED) is 0.365. The predicted molar refractivity (Wildman–Crippen MR) is 81.1 cm³/mol. The van der Waals surface area contributed by atoms with Crippen LogP contribution in [0.15, 0.2) is 42.5 Å². The lowest BCUT2D eigenvalue weighted by Gasteiger charge is -2.01. The number of carbonyl (C=O) groups is 1. The van der Waals surface area contributed by atoms with Crippen molar-refractivity contribution >= 4 is 6.41 Å². The van der Waals surface area contributed by atoms with E-state index in [4.69, 9.17) is 0 Å². The molecule has 1 N–H and O–H groups in total. The first kappa shape index (κ1) is 15.5. The van der Waals surface area contributed by atoms with Gasteiger partial charge in [0.25, 0.3) is 0 Å². The molecular weight excluding hydrogens is 234 g/mol. The average Bonchev–Trinajstić information content (AvgIpc) is 2.46. The van der Waals surface area contributed by atoms with Crippen molar-refractivity contribution in [2.24, 2.45) is 0 Å². The SMILES string of the molecule is O=CNC/C=C/CCCCCCCc1ccccc1. The highest BCUT2D eigenvalue weighted by molar-refractivity contribution is 5.46. The largest absolute Gasteiger partial charge is 0.355 e. The Morgan fingerprint density at radius 2 is 1.63 bits per heavy atom. The second-order valence-corrected chi connectivity index (χ2v) is 4.79. The van der Waals surface area contributed by atoms with Gasteiger partial charge in [0.2, 0.25) is 6.41 Å². The Morgan fingerprint density at radius 1 is 0.895 bits per heavy atom. The molecule has 0 saturated carbocycles. The van der Waals surface area contributed by atoms with Crippen LogP contribution in [0.2, 0.25) is 0 Å². The standard InChI is InChI=1S/C17H25NO/c19-16-18-15-11-6-4-2-1-3-5-8-12-17-13-9-7-10-14-17/h6-7,9-11,13-14,16H,1-5,8,12,15H2,(H,18,19)/b11-6+. The van der Waals surface area contributed by atoms with E-state index in [9.17, 15) is 4.79 Å². The molecule has 0 aliphatic carbocycles. The molecule has 1 rings (SSSR count). The van der Waals surface area contributed by atoms with E-state index in [1.807, 2.05) is 6.08 Å².